The van der Waals surface area contributed by atoms with Crippen LogP contribution in [0.5, 0.6) is 0 Å². The second-order valence-electron chi connectivity index (χ2n) is 7.62. The summed E-state index contributed by atoms with van der Waals surface area (Å²) in [5, 5.41) is 7.84. The highest BCUT2D eigenvalue weighted by atomic mass is 32.1. The predicted octanol–water partition coefficient (Wildman–Crippen LogP) is 1.09. The Morgan fingerprint density at radius 2 is 1.91 bits per heavy atom. The Hall–Kier alpha value is -3.40. The number of rotatable bonds is 7. The highest BCUT2D eigenvalue weighted by Crippen LogP contribution is 2.29. The van der Waals surface area contributed by atoms with E-state index in [-0.39, 0.29) is 30.8 Å². The van der Waals surface area contributed by atoms with Gasteiger partial charge in [-0.25, -0.2) is 4.79 Å². The smallest absolute Gasteiger partial charge is 0.312 e. The third kappa shape index (κ3) is 5.64. The van der Waals surface area contributed by atoms with Gasteiger partial charge in [-0.1, -0.05) is 24.3 Å². The number of urea groups is 1. The third-order valence-electron chi connectivity index (χ3n) is 5.29. The van der Waals surface area contributed by atoms with Crippen molar-refractivity contribution in [3.05, 3.63) is 57.3 Å². The Morgan fingerprint density at radius 3 is 2.59 bits per heavy atom. The predicted molar refractivity (Wildman–Crippen MR) is 121 cm³/mol. The summed E-state index contributed by atoms with van der Waals surface area (Å²) in [6.45, 7) is 3.94. The van der Waals surface area contributed by atoms with Crippen LogP contribution in [-0.2, 0) is 16.0 Å². The number of fused-ring (bicyclic) bond motifs is 1. The number of thiophene rings is 1. The normalized spacial score (nSPS) is 15.9. The van der Waals surface area contributed by atoms with Crippen LogP contribution < -0.4 is 21.7 Å². The van der Waals surface area contributed by atoms with Crippen LogP contribution in [0, 0.1) is 6.92 Å². The first-order valence-electron chi connectivity index (χ1n) is 10.3. The summed E-state index contributed by atoms with van der Waals surface area (Å²) in [5.74, 6) is -0.936. The monoisotopic (exact) mass is 457 g/mol. The number of nitrogens with zero attached hydrogens (tertiary/aromatic N) is 1. The molecule has 5 amide bonds. The van der Waals surface area contributed by atoms with E-state index >= 15 is 0 Å². The maximum atomic E-state index is 13.0. The lowest BCUT2D eigenvalue weighted by Gasteiger charge is -2.38. The number of amides is 5. The van der Waals surface area contributed by atoms with Gasteiger partial charge in [-0.15, -0.1) is 11.3 Å². The molecule has 170 valence electrons. The molecule has 0 bridgehead atoms. The molecule has 1 aliphatic rings. The molecule has 5 N–H and O–H groups in total. The molecule has 10 heteroatoms. The van der Waals surface area contributed by atoms with Crippen molar-refractivity contribution < 1.29 is 19.2 Å². The van der Waals surface area contributed by atoms with Crippen LogP contribution in [0.25, 0.3) is 0 Å². The lowest BCUT2D eigenvalue weighted by atomic mass is 9.92. The molecule has 1 aliphatic heterocycles. The summed E-state index contributed by atoms with van der Waals surface area (Å²) in [5.41, 5.74) is 7.21. The van der Waals surface area contributed by atoms with Crippen LogP contribution in [0.2, 0.25) is 0 Å². The number of hydrogen-bond donors (Lipinski definition) is 4. The summed E-state index contributed by atoms with van der Waals surface area (Å²) in [7, 11) is 0. The van der Waals surface area contributed by atoms with E-state index in [0.29, 0.717) is 17.8 Å². The van der Waals surface area contributed by atoms with Crippen LogP contribution in [0.1, 0.15) is 38.6 Å². The minimum Gasteiger partial charge on any atom is -0.352 e. The third-order valence-corrected chi connectivity index (χ3v) is 6.29. The van der Waals surface area contributed by atoms with E-state index in [1.165, 1.54) is 11.3 Å². The maximum Gasteiger partial charge on any atom is 0.312 e. The molecule has 2 aromatic rings. The number of benzene rings is 1. The average Bonchev–Trinajstić information content (AvgIpc) is 3.21. The molecule has 0 radical (unpaired) electrons. The van der Waals surface area contributed by atoms with Crippen molar-refractivity contribution in [2.24, 2.45) is 5.73 Å². The summed E-state index contributed by atoms with van der Waals surface area (Å²) in [6.07, 6.45) is 0.673. The quantitative estimate of drug-likeness (QED) is 0.495. The van der Waals surface area contributed by atoms with Crippen LogP contribution in [0.4, 0.5) is 4.79 Å². The zero-order valence-corrected chi connectivity index (χ0v) is 18.8. The minimum absolute atomic E-state index is 0.169. The van der Waals surface area contributed by atoms with Gasteiger partial charge in [0.15, 0.2) is 0 Å². The minimum atomic E-state index is -0.787. The van der Waals surface area contributed by atoms with Crippen LogP contribution in [-0.4, -0.2) is 54.3 Å². The van der Waals surface area contributed by atoms with E-state index in [2.05, 4.69) is 16.0 Å². The van der Waals surface area contributed by atoms with Gasteiger partial charge in [0.2, 0.25) is 11.8 Å². The van der Waals surface area contributed by atoms with Gasteiger partial charge < -0.3 is 26.6 Å². The fourth-order valence-corrected chi connectivity index (χ4v) is 4.52. The van der Waals surface area contributed by atoms with Gasteiger partial charge in [0.05, 0.1) is 17.5 Å². The SMILES string of the molecule is Cc1ccc(C(=O)NCC(=O)NCC2c3ccccc3CCN2C(=O)C(C)NC(N)=O)s1. The molecule has 0 saturated heterocycles. The van der Waals surface area contributed by atoms with Crippen molar-refractivity contribution in [2.75, 3.05) is 19.6 Å². The van der Waals surface area contributed by atoms with Gasteiger partial charge in [0.25, 0.3) is 5.91 Å². The summed E-state index contributed by atoms with van der Waals surface area (Å²) in [6, 6.07) is 9.36. The molecular formula is C22H27N5O4S. The molecule has 0 aliphatic carbocycles. The Bertz CT molecular complexity index is 1020. The zero-order chi connectivity index (χ0) is 23.3. The van der Waals surface area contributed by atoms with Crippen LogP contribution in [0.3, 0.4) is 0 Å². The van der Waals surface area contributed by atoms with Gasteiger partial charge in [-0.2, -0.15) is 0 Å². The van der Waals surface area contributed by atoms with Crippen LogP contribution in [0.15, 0.2) is 36.4 Å². The van der Waals surface area contributed by atoms with E-state index in [1.54, 1.807) is 17.9 Å². The number of aryl methyl sites for hydroxylation is 1. The van der Waals surface area contributed by atoms with E-state index in [9.17, 15) is 19.2 Å². The maximum absolute atomic E-state index is 13.0. The average molecular weight is 458 g/mol. The number of primary amides is 1. The highest BCUT2D eigenvalue weighted by Gasteiger charge is 2.33. The molecule has 1 aromatic heterocycles. The van der Waals surface area contributed by atoms with E-state index in [0.717, 1.165) is 16.0 Å². The molecule has 0 fully saturated rings. The molecule has 32 heavy (non-hydrogen) atoms. The first-order valence-corrected chi connectivity index (χ1v) is 11.1. The Labute approximate surface area is 190 Å². The fraction of sp³-hybridized carbons (Fsp3) is 0.364. The number of nitrogens with two attached hydrogens (primary N) is 1. The second kappa shape index (κ2) is 10.3. The topological polar surface area (TPSA) is 134 Å². The molecule has 0 saturated carbocycles. The molecule has 0 spiro atoms. The van der Waals surface area contributed by atoms with Gasteiger partial charge in [0, 0.05) is 18.0 Å². The molecule has 2 unspecified atom stereocenters. The van der Waals surface area contributed by atoms with Crippen molar-refractivity contribution >= 4 is 35.1 Å². The Balaban J connectivity index is 1.65. The van der Waals surface area contributed by atoms with Gasteiger partial charge in [-0.05, 0) is 43.5 Å². The van der Waals surface area contributed by atoms with Crippen molar-refractivity contribution in [1.29, 1.82) is 0 Å². The number of carbonyl (C=O) groups is 4. The molecular weight excluding hydrogens is 430 g/mol. The Morgan fingerprint density at radius 1 is 1.16 bits per heavy atom. The summed E-state index contributed by atoms with van der Waals surface area (Å²) < 4.78 is 0. The van der Waals surface area contributed by atoms with E-state index < -0.39 is 18.1 Å². The molecule has 2 heterocycles. The lowest BCUT2D eigenvalue weighted by Crippen LogP contribution is -2.53. The van der Waals surface area contributed by atoms with Crippen molar-refractivity contribution in [2.45, 2.75) is 32.4 Å². The van der Waals surface area contributed by atoms with E-state index in [1.807, 2.05) is 37.3 Å². The lowest BCUT2D eigenvalue weighted by molar-refractivity contribution is -0.136. The van der Waals surface area contributed by atoms with E-state index in [4.69, 9.17) is 5.73 Å². The largest absolute Gasteiger partial charge is 0.352 e. The van der Waals surface area contributed by atoms with Crippen molar-refractivity contribution in [3.63, 3.8) is 0 Å². The first kappa shape index (κ1) is 23.3. The van der Waals surface area contributed by atoms with Crippen molar-refractivity contribution in [1.82, 2.24) is 20.9 Å². The van der Waals surface area contributed by atoms with Gasteiger partial charge >= 0.3 is 6.03 Å². The summed E-state index contributed by atoms with van der Waals surface area (Å²) >= 11 is 1.36. The Kier molecular flexibility index (Phi) is 7.47. The molecule has 3 rings (SSSR count). The second-order valence-corrected chi connectivity index (χ2v) is 8.91. The van der Waals surface area contributed by atoms with Gasteiger partial charge in [0.1, 0.15) is 6.04 Å². The standard InChI is InChI=1S/C22H27N5O4S/c1-13-7-8-18(32-13)20(29)25-12-19(28)24-11-17-16-6-4-3-5-15(16)9-10-27(17)21(30)14(2)26-22(23)31/h3-8,14,17H,9-12H2,1-2H3,(H,24,28)(H,25,29)(H3,23,26,31). The zero-order valence-electron chi connectivity index (χ0n) is 18.0. The highest BCUT2D eigenvalue weighted by molar-refractivity contribution is 7.13. The molecule has 1 aromatic carbocycles. The number of hydrogen-bond acceptors (Lipinski definition) is 5. The fourth-order valence-electron chi connectivity index (χ4n) is 3.74. The molecule has 2 atom stereocenters. The summed E-state index contributed by atoms with van der Waals surface area (Å²) in [4.78, 5) is 51.9. The first-order chi connectivity index (χ1) is 15.3. The van der Waals surface area contributed by atoms with Crippen molar-refractivity contribution in [3.8, 4) is 0 Å². The molecule has 9 nitrogen and oxygen atoms in total. The van der Waals surface area contributed by atoms with Gasteiger partial charge in [-0.3, -0.25) is 14.4 Å². The number of carbonyl (C=O) groups excluding carboxylic acids is 4. The van der Waals surface area contributed by atoms with Crippen LogP contribution >= 0.6 is 11.3 Å². The number of nitrogens with one attached hydrogen (secondary N) is 3.